The van der Waals surface area contributed by atoms with E-state index in [0.717, 1.165) is 29.4 Å². The highest BCUT2D eigenvalue weighted by molar-refractivity contribution is 7.09. The van der Waals surface area contributed by atoms with E-state index in [1.807, 2.05) is 30.0 Å². The summed E-state index contributed by atoms with van der Waals surface area (Å²) < 4.78 is 2.16. The van der Waals surface area contributed by atoms with Crippen LogP contribution in [0.5, 0.6) is 0 Å². The molecule has 2 aromatic heterocycles. The first kappa shape index (κ1) is 13.0. The first-order chi connectivity index (χ1) is 9.85. The van der Waals surface area contributed by atoms with Crippen molar-refractivity contribution in [2.45, 2.75) is 19.5 Å². The van der Waals surface area contributed by atoms with Gasteiger partial charge in [-0.25, -0.2) is 9.97 Å². The second-order valence-electron chi connectivity index (χ2n) is 4.60. The van der Waals surface area contributed by atoms with Crippen molar-refractivity contribution in [1.29, 1.82) is 0 Å². The number of hydrogen-bond acceptors (Lipinski definition) is 4. The zero-order valence-electron chi connectivity index (χ0n) is 11.1. The predicted octanol–water partition coefficient (Wildman–Crippen LogP) is 2.44. The predicted molar refractivity (Wildman–Crippen MR) is 80.6 cm³/mol. The van der Waals surface area contributed by atoms with Gasteiger partial charge < -0.3 is 10.3 Å². The molecule has 0 atom stereocenters. The normalized spacial score (nSPS) is 10.8. The van der Waals surface area contributed by atoms with Gasteiger partial charge in [-0.15, -0.1) is 11.3 Å². The van der Waals surface area contributed by atoms with Crippen LogP contribution >= 0.6 is 11.3 Å². The summed E-state index contributed by atoms with van der Waals surface area (Å²) in [4.78, 5) is 8.75. The molecule has 0 fully saturated rings. The van der Waals surface area contributed by atoms with Gasteiger partial charge in [0, 0.05) is 37.1 Å². The van der Waals surface area contributed by atoms with Gasteiger partial charge in [0.2, 0.25) is 0 Å². The molecule has 0 saturated heterocycles. The molecule has 0 bridgehead atoms. The molecule has 3 rings (SSSR count). The average molecular weight is 284 g/mol. The van der Waals surface area contributed by atoms with Crippen LogP contribution in [0.1, 0.15) is 22.0 Å². The van der Waals surface area contributed by atoms with Gasteiger partial charge in [-0.3, -0.25) is 0 Å². The van der Waals surface area contributed by atoms with Gasteiger partial charge in [-0.1, -0.05) is 24.3 Å². The summed E-state index contributed by atoms with van der Waals surface area (Å²) >= 11 is 1.66. The lowest BCUT2D eigenvalue weighted by molar-refractivity contribution is 0.738. The highest BCUT2D eigenvalue weighted by Gasteiger charge is 2.06. The second-order valence-corrected chi connectivity index (χ2v) is 5.58. The fourth-order valence-corrected chi connectivity index (χ4v) is 2.79. The quantitative estimate of drug-likeness (QED) is 0.783. The third kappa shape index (κ3) is 2.95. The van der Waals surface area contributed by atoms with Gasteiger partial charge in [0.05, 0.1) is 11.4 Å². The Balaban J connectivity index is 1.79. The first-order valence-electron chi connectivity index (χ1n) is 6.51. The summed E-state index contributed by atoms with van der Waals surface area (Å²) in [5, 5.41) is 3.08. The highest BCUT2D eigenvalue weighted by atomic mass is 32.1. The van der Waals surface area contributed by atoms with Gasteiger partial charge >= 0.3 is 0 Å². The standard InChI is InChI=1S/C15H16N4S/c16-10-12-2-1-3-13(8-12)11-19-6-4-17-14(19)9-15-18-5-7-20-15/h1-8H,9-11,16H2. The number of benzene rings is 1. The Morgan fingerprint density at radius 1 is 1.15 bits per heavy atom. The van der Waals surface area contributed by atoms with E-state index in [-0.39, 0.29) is 0 Å². The molecular weight excluding hydrogens is 268 g/mol. The Bertz CT molecular complexity index is 673. The largest absolute Gasteiger partial charge is 0.330 e. The van der Waals surface area contributed by atoms with Crippen LogP contribution in [0.2, 0.25) is 0 Å². The average Bonchev–Trinajstić information content (AvgIpc) is 3.12. The molecule has 0 aliphatic heterocycles. The molecule has 0 spiro atoms. The number of nitrogens with two attached hydrogens (primary N) is 1. The molecular formula is C15H16N4S. The number of imidazole rings is 1. The lowest BCUT2D eigenvalue weighted by Gasteiger charge is -2.08. The molecule has 2 N–H and O–H groups in total. The lowest BCUT2D eigenvalue weighted by atomic mass is 10.1. The zero-order valence-corrected chi connectivity index (χ0v) is 11.9. The van der Waals surface area contributed by atoms with Crippen molar-refractivity contribution in [3.05, 3.63) is 70.2 Å². The third-order valence-corrected chi connectivity index (χ3v) is 3.95. The van der Waals surface area contributed by atoms with Crippen molar-refractivity contribution in [3.8, 4) is 0 Å². The van der Waals surface area contributed by atoms with Crippen molar-refractivity contribution >= 4 is 11.3 Å². The van der Waals surface area contributed by atoms with E-state index >= 15 is 0 Å². The van der Waals surface area contributed by atoms with Gasteiger partial charge in [0.25, 0.3) is 0 Å². The first-order valence-corrected chi connectivity index (χ1v) is 7.39. The fraction of sp³-hybridized carbons (Fsp3) is 0.200. The van der Waals surface area contributed by atoms with Crippen LogP contribution in [0.4, 0.5) is 0 Å². The van der Waals surface area contributed by atoms with Crippen molar-refractivity contribution in [3.63, 3.8) is 0 Å². The van der Waals surface area contributed by atoms with E-state index in [1.165, 1.54) is 5.56 Å². The fourth-order valence-electron chi connectivity index (χ4n) is 2.18. The number of nitrogens with zero attached hydrogens (tertiary/aromatic N) is 3. The Labute approximate surface area is 121 Å². The Kier molecular flexibility index (Phi) is 3.90. The van der Waals surface area contributed by atoms with Crippen LogP contribution in [0.25, 0.3) is 0 Å². The minimum atomic E-state index is 0.573. The van der Waals surface area contributed by atoms with Crippen molar-refractivity contribution in [1.82, 2.24) is 14.5 Å². The molecule has 0 saturated carbocycles. The summed E-state index contributed by atoms with van der Waals surface area (Å²) in [6, 6.07) is 8.36. The van der Waals surface area contributed by atoms with E-state index in [4.69, 9.17) is 5.73 Å². The Morgan fingerprint density at radius 3 is 2.85 bits per heavy atom. The molecule has 20 heavy (non-hydrogen) atoms. The third-order valence-electron chi connectivity index (χ3n) is 3.17. The molecule has 0 amide bonds. The van der Waals surface area contributed by atoms with Gasteiger partial charge in [-0.2, -0.15) is 0 Å². The van der Waals surface area contributed by atoms with E-state index < -0.39 is 0 Å². The number of thiazole rings is 1. The number of hydrogen-bond donors (Lipinski definition) is 1. The molecule has 5 heteroatoms. The number of rotatable bonds is 5. The van der Waals surface area contributed by atoms with Crippen LogP contribution in [-0.2, 0) is 19.5 Å². The molecule has 1 aromatic carbocycles. The molecule has 0 unspecified atom stereocenters. The Morgan fingerprint density at radius 2 is 2.05 bits per heavy atom. The van der Waals surface area contributed by atoms with Crippen LogP contribution < -0.4 is 5.73 Å². The molecule has 0 radical (unpaired) electrons. The van der Waals surface area contributed by atoms with E-state index in [2.05, 4.69) is 32.7 Å². The number of aromatic nitrogens is 3. The highest BCUT2D eigenvalue weighted by Crippen LogP contribution is 2.13. The second kappa shape index (κ2) is 5.98. The molecule has 102 valence electrons. The van der Waals surface area contributed by atoms with Crippen LogP contribution in [0.15, 0.2) is 48.2 Å². The summed E-state index contributed by atoms with van der Waals surface area (Å²) in [5.74, 6) is 1.04. The smallest absolute Gasteiger partial charge is 0.115 e. The van der Waals surface area contributed by atoms with Crippen LogP contribution in [-0.4, -0.2) is 14.5 Å². The van der Waals surface area contributed by atoms with Crippen LogP contribution in [0, 0.1) is 0 Å². The summed E-state index contributed by atoms with van der Waals surface area (Å²) in [6.45, 7) is 1.39. The van der Waals surface area contributed by atoms with Gasteiger partial charge in [-0.05, 0) is 11.1 Å². The summed E-state index contributed by atoms with van der Waals surface area (Å²) in [6.07, 6.45) is 6.47. The van der Waals surface area contributed by atoms with E-state index in [1.54, 1.807) is 11.3 Å². The maximum absolute atomic E-state index is 5.69. The monoisotopic (exact) mass is 284 g/mol. The van der Waals surface area contributed by atoms with Gasteiger partial charge in [0.1, 0.15) is 5.82 Å². The molecule has 2 heterocycles. The van der Waals surface area contributed by atoms with Crippen LogP contribution in [0.3, 0.4) is 0 Å². The topological polar surface area (TPSA) is 56.7 Å². The molecule has 0 aliphatic carbocycles. The summed E-state index contributed by atoms with van der Waals surface area (Å²) in [5.41, 5.74) is 8.08. The van der Waals surface area contributed by atoms with E-state index in [0.29, 0.717) is 6.54 Å². The molecule has 3 aromatic rings. The minimum Gasteiger partial charge on any atom is -0.330 e. The van der Waals surface area contributed by atoms with E-state index in [9.17, 15) is 0 Å². The molecule has 0 aliphatic rings. The van der Waals surface area contributed by atoms with Crippen molar-refractivity contribution < 1.29 is 0 Å². The Hall–Kier alpha value is -1.98. The van der Waals surface area contributed by atoms with Crippen molar-refractivity contribution in [2.75, 3.05) is 0 Å². The SMILES string of the molecule is NCc1cccc(Cn2ccnc2Cc2nccs2)c1. The molecule has 4 nitrogen and oxygen atoms in total. The zero-order chi connectivity index (χ0) is 13.8. The lowest BCUT2D eigenvalue weighted by Crippen LogP contribution is -2.06. The maximum Gasteiger partial charge on any atom is 0.115 e. The maximum atomic E-state index is 5.69. The summed E-state index contributed by atoms with van der Waals surface area (Å²) in [7, 11) is 0. The van der Waals surface area contributed by atoms with Crippen molar-refractivity contribution in [2.24, 2.45) is 5.73 Å². The van der Waals surface area contributed by atoms with Gasteiger partial charge in [0.15, 0.2) is 0 Å². The minimum absolute atomic E-state index is 0.573.